The molecule has 96 valence electrons. The van der Waals surface area contributed by atoms with Crippen LogP contribution in [0, 0.1) is 0 Å². The van der Waals surface area contributed by atoms with E-state index in [0.29, 0.717) is 15.6 Å². The molecular formula is C11H11F2N3O2. The van der Waals surface area contributed by atoms with Crippen molar-refractivity contribution >= 4 is 16.8 Å². The van der Waals surface area contributed by atoms with Gasteiger partial charge in [-0.25, -0.2) is 0 Å². The summed E-state index contributed by atoms with van der Waals surface area (Å²) in [7, 11) is 2.78. The summed E-state index contributed by atoms with van der Waals surface area (Å²) in [6, 6.07) is 4.50. The fourth-order valence-corrected chi connectivity index (χ4v) is 1.70. The van der Waals surface area contributed by atoms with E-state index in [4.69, 9.17) is 4.74 Å². The first-order valence-electron chi connectivity index (χ1n) is 5.15. The van der Waals surface area contributed by atoms with Crippen LogP contribution in [-0.2, 0) is 0 Å². The molecule has 7 heteroatoms. The van der Waals surface area contributed by atoms with Gasteiger partial charge in [0.25, 0.3) is 5.91 Å². The molecule has 1 amide bonds. The van der Waals surface area contributed by atoms with E-state index in [1.807, 2.05) is 0 Å². The average molecular weight is 255 g/mol. The Morgan fingerprint density at radius 1 is 1.50 bits per heavy atom. The van der Waals surface area contributed by atoms with Gasteiger partial charge in [-0.05, 0) is 18.2 Å². The molecular weight excluding hydrogens is 244 g/mol. The normalized spacial score (nSPS) is 10.9. The number of alkyl halides is 2. The minimum absolute atomic E-state index is 0.0246. The second kappa shape index (κ2) is 4.59. The molecule has 0 aliphatic carbocycles. The van der Waals surface area contributed by atoms with Crippen LogP contribution in [0.3, 0.4) is 0 Å². The van der Waals surface area contributed by atoms with E-state index >= 15 is 0 Å². The molecule has 18 heavy (non-hydrogen) atoms. The first-order valence-corrected chi connectivity index (χ1v) is 5.15. The molecule has 5 nitrogen and oxygen atoms in total. The number of amides is 1. The second-order valence-corrected chi connectivity index (χ2v) is 3.54. The summed E-state index contributed by atoms with van der Waals surface area (Å²) >= 11 is 0. The zero-order valence-electron chi connectivity index (χ0n) is 9.78. The van der Waals surface area contributed by atoms with Crippen molar-refractivity contribution in [2.24, 2.45) is 0 Å². The number of aromatic nitrogens is 2. The Kier molecular flexibility index (Phi) is 3.14. The van der Waals surface area contributed by atoms with Crippen molar-refractivity contribution in [1.82, 2.24) is 15.1 Å². The maximum atomic E-state index is 12.7. The van der Waals surface area contributed by atoms with Gasteiger partial charge in [-0.15, -0.1) is 0 Å². The summed E-state index contributed by atoms with van der Waals surface area (Å²) in [5.74, 6) is -0.328. The monoisotopic (exact) mass is 255 g/mol. The van der Waals surface area contributed by atoms with E-state index in [1.165, 1.54) is 32.4 Å². The smallest absolute Gasteiger partial charge is 0.336 e. The van der Waals surface area contributed by atoms with Crippen LogP contribution in [0.1, 0.15) is 16.9 Å². The summed E-state index contributed by atoms with van der Waals surface area (Å²) in [6.07, 6.45) is 0. The Hall–Kier alpha value is -2.18. The largest absolute Gasteiger partial charge is 0.481 e. The molecule has 0 saturated heterocycles. The van der Waals surface area contributed by atoms with Gasteiger partial charge in [-0.3, -0.25) is 4.79 Å². The van der Waals surface area contributed by atoms with Crippen molar-refractivity contribution in [1.29, 1.82) is 0 Å². The predicted molar refractivity (Wildman–Crippen MR) is 60.9 cm³/mol. The molecule has 1 N–H and O–H groups in total. The van der Waals surface area contributed by atoms with Crippen LogP contribution in [0.2, 0.25) is 0 Å². The minimum atomic E-state index is -2.80. The number of methoxy groups -OCH3 is 1. The number of benzene rings is 1. The van der Waals surface area contributed by atoms with Crippen molar-refractivity contribution < 1.29 is 18.3 Å². The third-order valence-electron chi connectivity index (χ3n) is 2.52. The summed E-state index contributed by atoms with van der Waals surface area (Å²) in [4.78, 5) is 11.4. The van der Waals surface area contributed by atoms with Crippen LogP contribution in [-0.4, -0.2) is 29.8 Å². The van der Waals surface area contributed by atoms with Crippen molar-refractivity contribution in [3.63, 3.8) is 0 Å². The predicted octanol–water partition coefficient (Wildman–Crippen LogP) is 1.80. The van der Waals surface area contributed by atoms with Crippen molar-refractivity contribution in [2.45, 2.75) is 6.55 Å². The molecule has 0 bridgehead atoms. The van der Waals surface area contributed by atoms with Crippen LogP contribution in [0.4, 0.5) is 8.78 Å². The molecule has 2 rings (SSSR count). The van der Waals surface area contributed by atoms with E-state index in [-0.39, 0.29) is 17.3 Å². The van der Waals surface area contributed by atoms with Crippen molar-refractivity contribution in [2.75, 3.05) is 14.2 Å². The molecule has 2 aromatic rings. The Morgan fingerprint density at radius 3 is 2.78 bits per heavy atom. The molecule has 0 radical (unpaired) electrons. The Balaban J connectivity index is 2.61. The van der Waals surface area contributed by atoms with Gasteiger partial charge in [-0.2, -0.15) is 18.6 Å². The molecule has 0 saturated carbocycles. The number of carbonyl (C=O) groups excluding carboxylic acids is 1. The first kappa shape index (κ1) is 12.3. The lowest BCUT2D eigenvalue weighted by atomic mass is 10.1. The van der Waals surface area contributed by atoms with Crippen LogP contribution < -0.4 is 10.1 Å². The first-order chi connectivity index (χ1) is 8.58. The van der Waals surface area contributed by atoms with Gasteiger partial charge < -0.3 is 10.1 Å². The molecule has 1 heterocycles. The van der Waals surface area contributed by atoms with Crippen LogP contribution in [0.15, 0.2) is 18.2 Å². The van der Waals surface area contributed by atoms with Gasteiger partial charge in [0, 0.05) is 12.6 Å². The summed E-state index contributed by atoms with van der Waals surface area (Å²) in [5, 5.41) is 6.61. The van der Waals surface area contributed by atoms with Gasteiger partial charge in [0.05, 0.1) is 18.0 Å². The van der Waals surface area contributed by atoms with E-state index in [0.717, 1.165) is 0 Å². The molecule has 0 aliphatic rings. The van der Waals surface area contributed by atoms with Crippen molar-refractivity contribution in [3.05, 3.63) is 23.8 Å². The lowest BCUT2D eigenvalue weighted by Gasteiger charge is -2.03. The SMILES string of the molecule is CNC(=O)c1ccc2c(OC)n(C(F)F)nc2c1. The van der Waals surface area contributed by atoms with E-state index in [2.05, 4.69) is 10.4 Å². The van der Waals surface area contributed by atoms with Gasteiger partial charge in [0.2, 0.25) is 5.88 Å². The average Bonchev–Trinajstić information content (AvgIpc) is 2.75. The lowest BCUT2D eigenvalue weighted by Crippen LogP contribution is -2.17. The van der Waals surface area contributed by atoms with E-state index in [9.17, 15) is 13.6 Å². The molecule has 0 aliphatic heterocycles. The number of fused-ring (bicyclic) bond motifs is 1. The zero-order chi connectivity index (χ0) is 13.3. The highest BCUT2D eigenvalue weighted by atomic mass is 19.3. The topological polar surface area (TPSA) is 56.1 Å². The van der Waals surface area contributed by atoms with Crippen LogP contribution in [0.25, 0.3) is 10.9 Å². The van der Waals surface area contributed by atoms with Crippen LogP contribution in [0.5, 0.6) is 5.88 Å². The second-order valence-electron chi connectivity index (χ2n) is 3.54. The van der Waals surface area contributed by atoms with E-state index in [1.54, 1.807) is 0 Å². The fraction of sp³-hybridized carbons (Fsp3) is 0.273. The van der Waals surface area contributed by atoms with Crippen LogP contribution >= 0.6 is 0 Å². The third kappa shape index (κ3) is 1.87. The van der Waals surface area contributed by atoms with Gasteiger partial charge in [0.1, 0.15) is 0 Å². The standard InChI is InChI=1S/C11H11F2N3O2/c1-14-9(17)6-3-4-7-8(5-6)15-16(11(12)13)10(7)18-2/h3-5,11H,1-2H3,(H,14,17). The van der Waals surface area contributed by atoms with Gasteiger partial charge in [-0.1, -0.05) is 0 Å². The number of carbonyl (C=O) groups is 1. The summed E-state index contributed by atoms with van der Waals surface area (Å²) in [5.41, 5.74) is 0.639. The Labute approximate surface area is 101 Å². The molecule has 1 aromatic heterocycles. The molecule has 0 spiro atoms. The maximum Gasteiger partial charge on any atom is 0.336 e. The fourth-order valence-electron chi connectivity index (χ4n) is 1.70. The summed E-state index contributed by atoms with van der Waals surface area (Å²) in [6.45, 7) is -2.80. The van der Waals surface area contributed by atoms with Crippen molar-refractivity contribution in [3.8, 4) is 5.88 Å². The van der Waals surface area contributed by atoms with E-state index < -0.39 is 6.55 Å². The molecule has 1 aromatic carbocycles. The number of nitrogens with zero attached hydrogens (tertiary/aromatic N) is 2. The number of hydrogen-bond acceptors (Lipinski definition) is 3. The lowest BCUT2D eigenvalue weighted by molar-refractivity contribution is 0.0487. The molecule has 0 unspecified atom stereocenters. The quantitative estimate of drug-likeness (QED) is 0.909. The highest BCUT2D eigenvalue weighted by Gasteiger charge is 2.19. The maximum absolute atomic E-state index is 12.7. The summed E-state index contributed by atoms with van der Waals surface area (Å²) < 4.78 is 30.8. The number of hydrogen-bond donors (Lipinski definition) is 1. The highest BCUT2D eigenvalue weighted by molar-refractivity contribution is 5.98. The number of nitrogens with one attached hydrogen (secondary N) is 1. The Bertz CT molecular complexity index is 595. The number of halogens is 2. The minimum Gasteiger partial charge on any atom is -0.481 e. The molecule has 0 fully saturated rings. The molecule has 0 atom stereocenters. The van der Waals surface area contributed by atoms with Gasteiger partial charge >= 0.3 is 6.55 Å². The Morgan fingerprint density at radius 2 is 2.22 bits per heavy atom. The van der Waals surface area contributed by atoms with Gasteiger partial charge in [0.15, 0.2) is 0 Å². The highest BCUT2D eigenvalue weighted by Crippen LogP contribution is 2.29. The zero-order valence-corrected chi connectivity index (χ0v) is 9.78. The number of rotatable bonds is 3. The number of ether oxygens (including phenoxy) is 1. The third-order valence-corrected chi connectivity index (χ3v) is 2.52.